The molecule has 2 amide bonds. The Labute approximate surface area is 143 Å². The predicted molar refractivity (Wildman–Crippen MR) is 89.3 cm³/mol. The van der Waals surface area contributed by atoms with Gasteiger partial charge in [-0.15, -0.1) is 0 Å². The van der Waals surface area contributed by atoms with E-state index < -0.39 is 22.4 Å². The van der Waals surface area contributed by atoms with Crippen molar-refractivity contribution in [1.82, 2.24) is 10.6 Å². The maximum absolute atomic E-state index is 12.9. The summed E-state index contributed by atoms with van der Waals surface area (Å²) >= 11 is 0. The van der Waals surface area contributed by atoms with Gasteiger partial charge in [-0.2, -0.15) is 0 Å². The van der Waals surface area contributed by atoms with E-state index >= 15 is 0 Å². The van der Waals surface area contributed by atoms with Crippen LogP contribution in [0.25, 0.3) is 0 Å². The van der Waals surface area contributed by atoms with Crippen LogP contribution >= 0.6 is 0 Å². The van der Waals surface area contributed by atoms with E-state index in [1.165, 1.54) is 37.3 Å². The molecule has 0 aliphatic carbocycles. The number of halogens is 1. The lowest BCUT2D eigenvalue weighted by Gasteiger charge is -2.24. The van der Waals surface area contributed by atoms with Gasteiger partial charge in [-0.25, -0.2) is 9.18 Å². The molecule has 0 bridgehead atoms. The Morgan fingerprint density at radius 2 is 1.84 bits per heavy atom. The first-order valence-electron chi connectivity index (χ1n) is 7.52. The van der Waals surface area contributed by atoms with Crippen molar-refractivity contribution in [2.24, 2.45) is 0 Å². The van der Waals surface area contributed by atoms with Gasteiger partial charge in [0.2, 0.25) is 0 Å². The molecule has 1 unspecified atom stereocenters. The zero-order valence-corrected chi connectivity index (χ0v) is 13.5. The molecule has 0 saturated heterocycles. The van der Waals surface area contributed by atoms with E-state index in [2.05, 4.69) is 10.6 Å². The Hall–Kier alpha value is -3.00. The highest BCUT2D eigenvalue weighted by molar-refractivity contribution is 5.74. The van der Waals surface area contributed by atoms with Crippen LogP contribution in [-0.2, 0) is 12.1 Å². The fourth-order valence-corrected chi connectivity index (χ4v) is 2.24. The van der Waals surface area contributed by atoms with Crippen molar-refractivity contribution < 1.29 is 19.2 Å². The molecule has 2 aromatic rings. The number of carbonyl (C=O) groups excluding carboxylic acids is 1. The van der Waals surface area contributed by atoms with Gasteiger partial charge in [-0.1, -0.05) is 30.3 Å². The quantitative estimate of drug-likeness (QED) is 0.551. The number of carbonyl (C=O) groups is 1. The Morgan fingerprint density at radius 3 is 2.48 bits per heavy atom. The van der Waals surface area contributed by atoms with Crippen LogP contribution in [0.3, 0.4) is 0 Å². The highest BCUT2D eigenvalue weighted by Gasteiger charge is 2.24. The largest absolute Gasteiger partial charge is 0.384 e. The highest BCUT2D eigenvalue weighted by Crippen LogP contribution is 2.20. The van der Waals surface area contributed by atoms with Gasteiger partial charge in [0.05, 0.1) is 18.0 Å². The number of nitro benzene ring substituents is 1. The molecule has 132 valence electrons. The molecular weight excluding hydrogens is 329 g/mol. The summed E-state index contributed by atoms with van der Waals surface area (Å²) in [5, 5.41) is 26.3. The average Bonchev–Trinajstić information content (AvgIpc) is 2.59. The summed E-state index contributed by atoms with van der Waals surface area (Å²) in [5.41, 5.74) is -0.647. The molecule has 3 N–H and O–H groups in total. The molecule has 0 heterocycles. The first-order valence-corrected chi connectivity index (χ1v) is 7.52. The Balaban J connectivity index is 1.90. The zero-order chi connectivity index (χ0) is 18.4. The van der Waals surface area contributed by atoms with Crippen molar-refractivity contribution in [3.8, 4) is 0 Å². The lowest BCUT2D eigenvalue weighted by Crippen LogP contribution is -2.43. The minimum absolute atomic E-state index is 0.0261. The van der Waals surface area contributed by atoms with Crippen LogP contribution in [0, 0.1) is 15.9 Å². The number of rotatable bonds is 6. The van der Waals surface area contributed by atoms with Gasteiger partial charge in [-0.3, -0.25) is 10.1 Å². The minimum Gasteiger partial charge on any atom is -0.384 e. The summed E-state index contributed by atoms with van der Waals surface area (Å²) in [6.07, 6.45) is 0. The molecule has 0 spiro atoms. The number of hydrogen-bond acceptors (Lipinski definition) is 4. The second-order valence-corrected chi connectivity index (χ2v) is 5.70. The number of nitro groups is 1. The van der Waals surface area contributed by atoms with Gasteiger partial charge >= 0.3 is 6.03 Å². The number of nitrogens with zero attached hydrogens (tertiary/aromatic N) is 1. The van der Waals surface area contributed by atoms with Crippen LogP contribution in [0.5, 0.6) is 0 Å². The molecular formula is C17H18FN3O4. The third-order valence-corrected chi connectivity index (χ3v) is 3.69. The van der Waals surface area contributed by atoms with Crippen LogP contribution in [0.2, 0.25) is 0 Å². The molecule has 0 radical (unpaired) electrons. The van der Waals surface area contributed by atoms with Crippen molar-refractivity contribution in [2.45, 2.75) is 19.1 Å². The third kappa shape index (κ3) is 4.98. The van der Waals surface area contributed by atoms with E-state index in [1.807, 2.05) is 0 Å². The van der Waals surface area contributed by atoms with Gasteiger partial charge in [0.15, 0.2) is 0 Å². The molecule has 7 nitrogen and oxygen atoms in total. The molecule has 0 aliphatic rings. The lowest BCUT2D eigenvalue weighted by atomic mass is 9.96. The predicted octanol–water partition coefficient (Wildman–Crippen LogP) is 2.44. The van der Waals surface area contributed by atoms with Crippen LogP contribution in [0.1, 0.15) is 18.1 Å². The highest BCUT2D eigenvalue weighted by atomic mass is 19.1. The number of aliphatic hydroxyl groups is 1. The Morgan fingerprint density at radius 1 is 1.20 bits per heavy atom. The monoisotopic (exact) mass is 347 g/mol. The summed E-state index contributed by atoms with van der Waals surface area (Å²) < 4.78 is 12.9. The molecule has 0 fully saturated rings. The molecule has 2 rings (SSSR count). The number of benzene rings is 2. The number of urea groups is 1. The fourth-order valence-electron chi connectivity index (χ4n) is 2.24. The van der Waals surface area contributed by atoms with Gasteiger partial charge < -0.3 is 15.7 Å². The van der Waals surface area contributed by atoms with Gasteiger partial charge in [-0.05, 0) is 24.6 Å². The standard InChI is InChI=1S/C17H18FN3O4/c1-17(23,13-6-8-14(18)9-7-13)11-20-16(22)19-10-12-4-2-3-5-15(12)21(24)25/h2-9,23H,10-11H2,1H3,(H2,19,20,22). The third-order valence-electron chi connectivity index (χ3n) is 3.69. The molecule has 0 saturated carbocycles. The molecule has 25 heavy (non-hydrogen) atoms. The van der Waals surface area contributed by atoms with E-state index in [4.69, 9.17) is 0 Å². The van der Waals surface area contributed by atoms with E-state index in [-0.39, 0.29) is 18.8 Å². The second-order valence-electron chi connectivity index (χ2n) is 5.70. The molecule has 2 aromatic carbocycles. The van der Waals surface area contributed by atoms with Crippen LogP contribution in [0.15, 0.2) is 48.5 Å². The molecule has 0 aliphatic heterocycles. The first kappa shape index (κ1) is 18.3. The van der Waals surface area contributed by atoms with Gasteiger partial charge in [0.1, 0.15) is 11.4 Å². The maximum atomic E-state index is 12.9. The summed E-state index contributed by atoms with van der Waals surface area (Å²) in [6, 6.07) is 10.8. The van der Waals surface area contributed by atoms with Crippen molar-refractivity contribution in [3.05, 3.63) is 75.6 Å². The fraction of sp³-hybridized carbons (Fsp3) is 0.235. The lowest BCUT2D eigenvalue weighted by molar-refractivity contribution is -0.385. The van der Waals surface area contributed by atoms with Crippen molar-refractivity contribution in [1.29, 1.82) is 0 Å². The summed E-state index contributed by atoms with van der Waals surface area (Å²) in [5.74, 6) is -0.422. The van der Waals surface area contributed by atoms with Gasteiger partial charge in [0, 0.05) is 11.6 Å². The van der Waals surface area contributed by atoms with Crippen molar-refractivity contribution in [2.75, 3.05) is 6.54 Å². The smallest absolute Gasteiger partial charge is 0.315 e. The van der Waals surface area contributed by atoms with E-state index in [0.717, 1.165) is 0 Å². The van der Waals surface area contributed by atoms with Crippen molar-refractivity contribution >= 4 is 11.7 Å². The van der Waals surface area contributed by atoms with Crippen LogP contribution in [-0.4, -0.2) is 22.6 Å². The number of hydrogen-bond donors (Lipinski definition) is 3. The molecule has 1 atom stereocenters. The zero-order valence-electron chi connectivity index (χ0n) is 13.5. The minimum atomic E-state index is -1.39. The van der Waals surface area contributed by atoms with Crippen LogP contribution in [0.4, 0.5) is 14.9 Å². The van der Waals surface area contributed by atoms with E-state index in [0.29, 0.717) is 11.1 Å². The number of nitrogens with one attached hydrogen (secondary N) is 2. The van der Waals surface area contributed by atoms with E-state index in [1.54, 1.807) is 18.2 Å². The van der Waals surface area contributed by atoms with Gasteiger partial charge in [0.25, 0.3) is 5.69 Å². The normalized spacial score (nSPS) is 12.9. The summed E-state index contributed by atoms with van der Waals surface area (Å²) in [7, 11) is 0. The second kappa shape index (κ2) is 7.71. The average molecular weight is 347 g/mol. The SMILES string of the molecule is CC(O)(CNC(=O)NCc1ccccc1[N+](=O)[O-])c1ccc(F)cc1. The number of amides is 2. The molecule has 8 heteroatoms. The summed E-state index contributed by atoms with van der Waals surface area (Å²) in [6.45, 7) is 1.35. The maximum Gasteiger partial charge on any atom is 0.315 e. The Kier molecular flexibility index (Phi) is 5.66. The van der Waals surface area contributed by atoms with Crippen molar-refractivity contribution in [3.63, 3.8) is 0 Å². The topological polar surface area (TPSA) is 104 Å². The van der Waals surface area contributed by atoms with E-state index in [9.17, 15) is 24.4 Å². The summed E-state index contributed by atoms with van der Waals surface area (Å²) in [4.78, 5) is 22.3. The Bertz CT molecular complexity index is 763. The van der Waals surface area contributed by atoms with Crippen LogP contribution < -0.4 is 10.6 Å². The first-order chi connectivity index (χ1) is 11.8. The number of para-hydroxylation sites is 1. The molecule has 0 aromatic heterocycles.